The molecule has 1 amide bonds. The molecule has 7 nitrogen and oxygen atoms in total. The van der Waals surface area contributed by atoms with Gasteiger partial charge in [-0.15, -0.1) is 0 Å². The van der Waals surface area contributed by atoms with Crippen LogP contribution < -0.4 is 10.2 Å². The molecule has 1 fully saturated rings. The summed E-state index contributed by atoms with van der Waals surface area (Å²) < 4.78 is 0. The molecule has 7 heteroatoms. The van der Waals surface area contributed by atoms with Gasteiger partial charge in [0.25, 0.3) is 0 Å². The molecular weight excluding hydrogens is 424 g/mol. The number of carbonyl (C=O) groups is 1. The van der Waals surface area contributed by atoms with E-state index in [4.69, 9.17) is 4.98 Å². The minimum atomic E-state index is -0.476. The van der Waals surface area contributed by atoms with Gasteiger partial charge >= 0.3 is 0 Å². The van der Waals surface area contributed by atoms with E-state index < -0.39 is 5.41 Å². The lowest BCUT2D eigenvalue weighted by molar-refractivity contribution is -0.124. The smallest absolute Gasteiger partial charge is 0.238 e. The van der Waals surface area contributed by atoms with Crippen LogP contribution in [0.1, 0.15) is 37.9 Å². The highest BCUT2D eigenvalue weighted by Crippen LogP contribution is 2.47. The van der Waals surface area contributed by atoms with Gasteiger partial charge in [-0.2, -0.15) is 0 Å². The lowest BCUT2D eigenvalue weighted by atomic mass is 9.74. The maximum Gasteiger partial charge on any atom is 0.238 e. The van der Waals surface area contributed by atoms with Crippen molar-refractivity contribution in [2.45, 2.75) is 38.6 Å². The molecule has 2 aliphatic heterocycles. The fourth-order valence-corrected chi connectivity index (χ4v) is 5.21. The first-order valence-electron chi connectivity index (χ1n) is 11.9. The number of amides is 1. The van der Waals surface area contributed by atoms with Gasteiger partial charge in [0.1, 0.15) is 6.33 Å². The quantitative estimate of drug-likeness (QED) is 0.500. The van der Waals surface area contributed by atoms with Crippen molar-refractivity contribution in [1.29, 1.82) is 0 Å². The van der Waals surface area contributed by atoms with Crippen LogP contribution in [0.3, 0.4) is 0 Å². The summed E-state index contributed by atoms with van der Waals surface area (Å²) in [5.41, 5.74) is 4.19. The molecule has 172 valence electrons. The van der Waals surface area contributed by atoms with Gasteiger partial charge in [-0.1, -0.05) is 38.1 Å². The Morgan fingerprint density at radius 2 is 1.74 bits per heavy atom. The van der Waals surface area contributed by atoms with E-state index >= 15 is 0 Å². The van der Waals surface area contributed by atoms with Crippen molar-refractivity contribution in [3.63, 3.8) is 0 Å². The number of benzene rings is 1. The Morgan fingerprint density at radius 1 is 0.971 bits per heavy atom. The number of carbonyl (C=O) groups excluding carboxylic acids is 1. The van der Waals surface area contributed by atoms with Crippen molar-refractivity contribution in [3.8, 4) is 11.1 Å². The zero-order valence-electron chi connectivity index (χ0n) is 19.5. The van der Waals surface area contributed by atoms with E-state index in [1.54, 1.807) is 18.6 Å². The molecule has 0 saturated carbocycles. The third-order valence-electron chi connectivity index (χ3n) is 6.75. The minimum absolute atomic E-state index is 0.146. The van der Waals surface area contributed by atoms with Crippen LogP contribution in [0.25, 0.3) is 21.9 Å². The Morgan fingerprint density at radius 3 is 2.53 bits per heavy atom. The number of anilines is 1. The number of aromatic nitrogens is 4. The fraction of sp³-hybridized carbons (Fsp3) is 0.296. The Kier molecular flexibility index (Phi) is 6.02. The number of piperidine rings is 1. The first-order chi connectivity index (χ1) is 16.8. The van der Waals surface area contributed by atoms with Gasteiger partial charge in [0.2, 0.25) is 5.91 Å². The summed E-state index contributed by atoms with van der Waals surface area (Å²) in [6.07, 6.45) is 12.2. The fourth-order valence-electron chi connectivity index (χ4n) is 5.21. The first kappa shape index (κ1) is 22.1. The van der Waals surface area contributed by atoms with Crippen LogP contribution in [0, 0.1) is 0 Å². The highest BCUT2D eigenvalue weighted by molar-refractivity contribution is 6.08. The third-order valence-corrected chi connectivity index (χ3v) is 6.75. The third kappa shape index (κ3) is 3.53. The highest BCUT2D eigenvalue weighted by atomic mass is 16.2. The van der Waals surface area contributed by atoms with Crippen LogP contribution in [-0.4, -0.2) is 38.9 Å². The van der Waals surface area contributed by atoms with Crippen LogP contribution in [0.15, 0.2) is 67.6 Å². The van der Waals surface area contributed by atoms with Gasteiger partial charge in [0.15, 0.2) is 0 Å². The second kappa shape index (κ2) is 9.27. The van der Waals surface area contributed by atoms with E-state index in [0.29, 0.717) is 6.54 Å². The number of rotatable bonds is 3. The summed E-state index contributed by atoms with van der Waals surface area (Å²) in [7, 11) is 0. The normalized spacial score (nSPS) is 16.3. The lowest BCUT2D eigenvalue weighted by Crippen LogP contribution is -2.47. The second-order valence-electron chi connectivity index (χ2n) is 8.41. The van der Waals surface area contributed by atoms with Gasteiger partial charge in [-0.3, -0.25) is 14.8 Å². The Hall–Kier alpha value is -3.71. The number of hydrogen-bond acceptors (Lipinski definition) is 6. The van der Waals surface area contributed by atoms with Crippen LogP contribution >= 0.6 is 0 Å². The molecule has 6 rings (SSSR count). The molecule has 0 unspecified atom stereocenters. The summed E-state index contributed by atoms with van der Waals surface area (Å²) in [4.78, 5) is 33.3. The second-order valence-corrected chi connectivity index (χ2v) is 8.41. The Labute approximate surface area is 199 Å². The highest BCUT2D eigenvalue weighted by Gasteiger charge is 2.51. The van der Waals surface area contributed by atoms with Crippen molar-refractivity contribution in [3.05, 3.63) is 78.9 Å². The molecule has 0 aliphatic carbocycles. The van der Waals surface area contributed by atoms with E-state index in [0.717, 1.165) is 64.8 Å². The van der Waals surface area contributed by atoms with Gasteiger partial charge in [0.05, 0.1) is 29.5 Å². The molecule has 0 radical (unpaired) electrons. The standard InChI is InChI=1S/C25H22N6O.C2H6/c32-24-25(6-9-26-10-7-25)20-5-8-27-14-22(20)31(24)15-21-23(18-11-28-16-29-12-18)19-4-2-1-3-17(19)13-30-21;1-2/h1-5,8,11-14,16,26H,6-7,9-10,15H2;1-2H3. The minimum Gasteiger partial charge on any atom is -0.317 e. The Bertz CT molecular complexity index is 1320. The molecule has 5 heterocycles. The van der Waals surface area contributed by atoms with Crippen LogP contribution in [0.2, 0.25) is 0 Å². The van der Waals surface area contributed by atoms with Crippen molar-refractivity contribution in [2.24, 2.45) is 0 Å². The van der Waals surface area contributed by atoms with Gasteiger partial charge in [0, 0.05) is 41.3 Å². The first-order valence-corrected chi connectivity index (χ1v) is 11.9. The van der Waals surface area contributed by atoms with Crippen molar-refractivity contribution >= 4 is 22.4 Å². The summed E-state index contributed by atoms with van der Waals surface area (Å²) in [5.74, 6) is 0.146. The molecule has 1 spiro atoms. The maximum absolute atomic E-state index is 13.9. The average Bonchev–Trinajstić information content (AvgIpc) is 3.13. The SMILES string of the molecule is CC.O=C1N(Cc2ncc3ccccc3c2-c2cncnc2)c2cnccc2C12CCNCC2. The number of nitrogens with zero attached hydrogens (tertiary/aromatic N) is 5. The van der Waals surface area contributed by atoms with Crippen LogP contribution in [-0.2, 0) is 16.8 Å². The lowest BCUT2D eigenvalue weighted by Gasteiger charge is -2.33. The predicted octanol–water partition coefficient (Wildman–Crippen LogP) is 4.28. The summed E-state index contributed by atoms with van der Waals surface area (Å²) >= 11 is 0. The summed E-state index contributed by atoms with van der Waals surface area (Å²) in [6.45, 7) is 6.05. The maximum atomic E-state index is 13.9. The Balaban J connectivity index is 0.00000117. The van der Waals surface area contributed by atoms with E-state index in [1.807, 2.05) is 55.4 Å². The van der Waals surface area contributed by atoms with Crippen molar-refractivity contribution in [1.82, 2.24) is 25.3 Å². The van der Waals surface area contributed by atoms with Crippen LogP contribution in [0.4, 0.5) is 5.69 Å². The molecule has 2 aliphatic rings. The van der Waals surface area contributed by atoms with Gasteiger partial charge in [-0.05, 0) is 42.9 Å². The monoisotopic (exact) mass is 452 g/mol. The largest absolute Gasteiger partial charge is 0.317 e. The summed E-state index contributed by atoms with van der Waals surface area (Å²) in [6, 6.07) is 10.2. The predicted molar refractivity (Wildman–Crippen MR) is 133 cm³/mol. The molecule has 1 aromatic carbocycles. The molecule has 1 N–H and O–H groups in total. The molecule has 3 aromatic heterocycles. The van der Waals surface area contributed by atoms with E-state index in [9.17, 15) is 4.79 Å². The molecule has 0 atom stereocenters. The average molecular weight is 453 g/mol. The molecule has 1 saturated heterocycles. The molecule has 0 bridgehead atoms. The number of nitrogens with one attached hydrogen (secondary N) is 1. The summed E-state index contributed by atoms with van der Waals surface area (Å²) in [5, 5.41) is 5.50. The van der Waals surface area contributed by atoms with E-state index in [1.165, 1.54) is 6.33 Å². The number of hydrogen-bond donors (Lipinski definition) is 1. The molecule has 4 aromatic rings. The zero-order chi connectivity index (χ0) is 23.5. The van der Waals surface area contributed by atoms with E-state index in [-0.39, 0.29) is 5.91 Å². The zero-order valence-corrected chi connectivity index (χ0v) is 19.5. The van der Waals surface area contributed by atoms with Crippen LogP contribution in [0.5, 0.6) is 0 Å². The number of pyridine rings is 2. The van der Waals surface area contributed by atoms with Gasteiger partial charge < -0.3 is 10.2 Å². The molecular formula is C27H28N6O. The molecule has 34 heavy (non-hydrogen) atoms. The van der Waals surface area contributed by atoms with Crippen molar-refractivity contribution < 1.29 is 4.79 Å². The van der Waals surface area contributed by atoms with E-state index in [2.05, 4.69) is 26.3 Å². The topological polar surface area (TPSA) is 83.9 Å². The van der Waals surface area contributed by atoms with Crippen molar-refractivity contribution in [2.75, 3.05) is 18.0 Å². The van der Waals surface area contributed by atoms with Gasteiger partial charge in [-0.25, -0.2) is 9.97 Å². The number of fused-ring (bicyclic) bond motifs is 3.